The maximum Gasteiger partial charge on any atom is 0.303 e. The Labute approximate surface area is 160 Å². The van der Waals surface area contributed by atoms with Crippen LogP contribution in [0.5, 0.6) is 0 Å². The van der Waals surface area contributed by atoms with E-state index in [1.807, 2.05) is 0 Å². The highest BCUT2D eigenvalue weighted by atomic mass is 28.3. The van der Waals surface area contributed by atoms with E-state index < -0.39 is 56.6 Å². The first-order chi connectivity index (χ1) is 12.4. The highest BCUT2D eigenvalue weighted by Crippen LogP contribution is 2.27. The largest absolute Gasteiger partial charge is 0.463 e. The van der Waals surface area contributed by atoms with Crippen LogP contribution < -0.4 is 5.73 Å². The number of carbonyl (C=O) groups is 3. The highest BCUT2D eigenvalue weighted by molar-refractivity contribution is 6.76. The number of ether oxygens (including phenoxy) is 5. The second kappa shape index (κ2) is 10.2. The van der Waals surface area contributed by atoms with Gasteiger partial charge in [0.05, 0.1) is 6.04 Å². The molecule has 1 aliphatic heterocycles. The van der Waals surface area contributed by atoms with E-state index in [1.54, 1.807) is 0 Å². The lowest BCUT2D eigenvalue weighted by atomic mass is 9.97. The summed E-state index contributed by atoms with van der Waals surface area (Å²) < 4.78 is 27.2. The molecule has 0 saturated carbocycles. The molecule has 1 fully saturated rings. The van der Waals surface area contributed by atoms with E-state index in [2.05, 4.69) is 19.6 Å². The summed E-state index contributed by atoms with van der Waals surface area (Å²) in [5, 5.41) is 0. The van der Waals surface area contributed by atoms with E-state index in [-0.39, 0.29) is 6.61 Å². The molecule has 2 N–H and O–H groups in total. The van der Waals surface area contributed by atoms with E-state index in [0.717, 1.165) is 6.04 Å². The average molecular weight is 406 g/mol. The van der Waals surface area contributed by atoms with Gasteiger partial charge in [-0.15, -0.1) is 0 Å². The second-order valence-corrected chi connectivity index (χ2v) is 13.4. The van der Waals surface area contributed by atoms with Crippen LogP contribution >= 0.6 is 0 Å². The Morgan fingerprint density at radius 1 is 0.963 bits per heavy atom. The molecule has 1 saturated heterocycles. The van der Waals surface area contributed by atoms with E-state index in [1.165, 1.54) is 20.8 Å². The fourth-order valence-corrected chi connectivity index (χ4v) is 3.29. The van der Waals surface area contributed by atoms with Crippen LogP contribution in [0.4, 0.5) is 0 Å². The lowest BCUT2D eigenvalue weighted by Crippen LogP contribution is -2.64. The molecule has 0 aliphatic carbocycles. The van der Waals surface area contributed by atoms with Crippen molar-refractivity contribution in [1.82, 2.24) is 0 Å². The minimum absolute atomic E-state index is 0.189. The molecule has 0 aromatic carbocycles. The van der Waals surface area contributed by atoms with Gasteiger partial charge in [0.2, 0.25) is 0 Å². The number of carbonyl (C=O) groups excluding carboxylic acids is 3. The summed E-state index contributed by atoms with van der Waals surface area (Å²) in [6.45, 7) is 10.6. The fraction of sp³-hybridized carbons (Fsp3) is 0.824. The zero-order chi connectivity index (χ0) is 20.8. The van der Waals surface area contributed by atoms with Crippen molar-refractivity contribution in [2.45, 2.75) is 77.1 Å². The quantitative estimate of drug-likeness (QED) is 0.355. The third-order valence-corrected chi connectivity index (χ3v) is 5.59. The molecular weight excluding hydrogens is 374 g/mol. The Bertz CT molecular complexity index is 536. The van der Waals surface area contributed by atoms with E-state index in [9.17, 15) is 14.4 Å². The van der Waals surface area contributed by atoms with Crippen molar-refractivity contribution in [3.63, 3.8) is 0 Å². The van der Waals surface area contributed by atoms with Crippen LogP contribution in [-0.4, -0.2) is 69.8 Å². The molecule has 156 valence electrons. The predicted molar refractivity (Wildman–Crippen MR) is 98.5 cm³/mol. The molecule has 0 bridgehead atoms. The Morgan fingerprint density at radius 3 is 2.00 bits per heavy atom. The van der Waals surface area contributed by atoms with Crippen LogP contribution in [0.25, 0.3) is 0 Å². The first-order valence-corrected chi connectivity index (χ1v) is 12.6. The number of nitrogens with two attached hydrogens (primary N) is 1. The zero-order valence-corrected chi connectivity index (χ0v) is 17.9. The highest BCUT2D eigenvalue weighted by Gasteiger charge is 2.49. The summed E-state index contributed by atoms with van der Waals surface area (Å²) in [6, 6.07) is 0.0215. The van der Waals surface area contributed by atoms with Gasteiger partial charge in [0.25, 0.3) is 0 Å². The summed E-state index contributed by atoms with van der Waals surface area (Å²) in [6.07, 6.45) is -3.77. The Balaban J connectivity index is 2.98. The molecule has 0 radical (unpaired) electrons. The molecule has 0 aromatic rings. The lowest BCUT2D eigenvalue weighted by Gasteiger charge is -2.43. The van der Waals surface area contributed by atoms with Crippen molar-refractivity contribution >= 4 is 26.0 Å². The molecule has 0 aromatic heterocycles. The van der Waals surface area contributed by atoms with Crippen LogP contribution in [0.3, 0.4) is 0 Å². The number of hydrogen-bond acceptors (Lipinski definition) is 9. The van der Waals surface area contributed by atoms with Crippen LogP contribution in [0.1, 0.15) is 20.8 Å². The standard InChI is InChI=1S/C17H31NO8Si/c1-10(19)23-9-13-15(24-11(2)20)16(25-12(3)21)14(18)17(26-13)22-7-8-27(4,5)6/h13-17H,7-9,18H2,1-6H3/t13-,14-,15-,16-,17-/m1/s1. The van der Waals surface area contributed by atoms with Crippen LogP contribution in [-0.2, 0) is 38.1 Å². The van der Waals surface area contributed by atoms with Crippen LogP contribution in [0, 0.1) is 0 Å². The molecule has 1 aliphatic rings. The maximum atomic E-state index is 11.5. The third-order valence-electron chi connectivity index (χ3n) is 3.88. The summed E-state index contributed by atoms with van der Waals surface area (Å²) in [4.78, 5) is 34.2. The van der Waals surface area contributed by atoms with Gasteiger partial charge in [-0.2, -0.15) is 0 Å². The first kappa shape index (κ1) is 23.5. The second-order valence-electron chi connectivity index (χ2n) is 7.75. The van der Waals surface area contributed by atoms with E-state index >= 15 is 0 Å². The van der Waals surface area contributed by atoms with Gasteiger partial charge in [-0.1, -0.05) is 19.6 Å². The molecule has 10 heteroatoms. The molecule has 1 rings (SSSR count). The topological polar surface area (TPSA) is 123 Å². The van der Waals surface area contributed by atoms with Gasteiger partial charge in [0.1, 0.15) is 12.7 Å². The van der Waals surface area contributed by atoms with E-state index in [4.69, 9.17) is 29.4 Å². The number of hydrogen-bond donors (Lipinski definition) is 1. The normalized spacial score (nSPS) is 28.3. The van der Waals surface area contributed by atoms with Gasteiger partial charge in [-0.25, -0.2) is 0 Å². The van der Waals surface area contributed by atoms with Crippen LogP contribution in [0.15, 0.2) is 0 Å². The maximum absolute atomic E-state index is 11.5. The minimum atomic E-state index is -1.33. The van der Waals surface area contributed by atoms with Crippen molar-refractivity contribution < 1.29 is 38.1 Å². The van der Waals surface area contributed by atoms with Crippen molar-refractivity contribution in [3.8, 4) is 0 Å². The monoisotopic (exact) mass is 405 g/mol. The first-order valence-electron chi connectivity index (χ1n) is 8.91. The Hall–Kier alpha value is -1.49. The molecule has 0 amide bonds. The number of rotatable bonds is 8. The Kier molecular flexibility index (Phi) is 8.86. The molecule has 0 spiro atoms. The predicted octanol–water partition coefficient (Wildman–Crippen LogP) is 0.820. The molecular formula is C17H31NO8Si. The van der Waals surface area contributed by atoms with Crippen LogP contribution in [0.2, 0.25) is 25.7 Å². The van der Waals surface area contributed by atoms with Gasteiger partial charge < -0.3 is 29.4 Å². The van der Waals surface area contributed by atoms with Gasteiger partial charge in [0.15, 0.2) is 18.5 Å². The average Bonchev–Trinajstić information content (AvgIpc) is 2.49. The van der Waals surface area contributed by atoms with Gasteiger partial charge >= 0.3 is 17.9 Å². The molecule has 5 atom stereocenters. The van der Waals surface area contributed by atoms with Crippen molar-refractivity contribution in [2.75, 3.05) is 13.2 Å². The van der Waals surface area contributed by atoms with Gasteiger partial charge in [-0.05, 0) is 6.04 Å². The number of esters is 3. The van der Waals surface area contributed by atoms with Gasteiger partial charge in [0, 0.05) is 35.5 Å². The summed E-state index contributed by atoms with van der Waals surface area (Å²) in [7, 11) is -1.33. The van der Waals surface area contributed by atoms with Gasteiger partial charge in [-0.3, -0.25) is 14.4 Å². The third kappa shape index (κ3) is 8.37. The minimum Gasteiger partial charge on any atom is -0.463 e. The fourth-order valence-electron chi connectivity index (χ4n) is 2.56. The summed E-state index contributed by atoms with van der Waals surface area (Å²) >= 11 is 0. The Morgan fingerprint density at radius 2 is 1.52 bits per heavy atom. The molecule has 9 nitrogen and oxygen atoms in total. The smallest absolute Gasteiger partial charge is 0.303 e. The summed E-state index contributed by atoms with van der Waals surface area (Å²) in [5.41, 5.74) is 6.19. The van der Waals surface area contributed by atoms with Crippen molar-refractivity contribution in [2.24, 2.45) is 5.73 Å². The summed E-state index contributed by atoms with van der Waals surface area (Å²) in [5.74, 6) is -1.70. The lowest BCUT2D eigenvalue weighted by molar-refractivity contribution is -0.272. The molecule has 0 unspecified atom stereocenters. The molecule has 27 heavy (non-hydrogen) atoms. The zero-order valence-electron chi connectivity index (χ0n) is 16.9. The molecule has 1 heterocycles. The van der Waals surface area contributed by atoms with Crippen molar-refractivity contribution in [1.29, 1.82) is 0 Å². The SMILES string of the molecule is CC(=O)OC[C@H]1O[C@@H](OCC[Si](C)(C)C)[C@H](N)[C@@H](OC(C)=O)[C@@H]1OC(C)=O. The van der Waals surface area contributed by atoms with Crippen molar-refractivity contribution in [3.05, 3.63) is 0 Å². The van der Waals surface area contributed by atoms with E-state index in [0.29, 0.717) is 6.61 Å².